The van der Waals surface area contributed by atoms with Gasteiger partial charge in [0, 0.05) is 18.1 Å². The van der Waals surface area contributed by atoms with E-state index in [1.807, 2.05) is 13.0 Å². The van der Waals surface area contributed by atoms with Gasteiger partial charge in [-0.1, -0.05) is 0 Å². The van der Waals surface area contributed by atoms with E-state index in [2.05, 4.69) is 20.4 Å². The second-order valence-corrected chi connectivity index (χ2v) is 5.57. The lowest BCUT2D eigenvalue weighted by atomic mass is 10.3. The lowest BCUT2D eigenvalue weighted by Gasteiger charge is -2.06. The molecule has 21 heavy (non-hydrogen) atoms. The first-order chi connectivity index (χ1) is 9.88. The minimum Gasteiger partial charge on any atom is -0.357 e. The molecule has 5 nitrogen and oxygen atoms in total. The fourth-order valence-corrected chi connectivity index (χ4v) is 2.78. The normalized spacial score (nSPS) is 12.0. The second kappa shape index (κ2) is 4.69. The van der Waals surface area contributed by atoms with Crippen molar-refractivity contribution in [3.63, 3.8) is 0 Å². The average Bonchev–Trinajstić information content (AvgIpc) is 3.01. The summed E-state index contributed by atoms with van der Waals surface area (Å²) < 4.78 is 39.1. The Kier molecular flexibility index (Phi) is 3.08. The van der Waals surface area contributed by atoms with Crippen molar-refractivity contribution in [3.8, 4) is 5.82 Å². The highest BCUT2D eigenvalue weighted by Gasteiger charge is 2.34. The highest BCUT2D eigenvalue weighted by Crippen LogP contribution is 2.31. The van der Waals surface area contributed by atoms with E-state index in [-0.39, 0.29) is 0 Å². The molecular weight excluding hydrogens is 303 g/mol. The van der Waals surface area contributed by atoms with E-state index in [1.54, 1.807) is 7.05 Å². The van der Waals surface area contributed by atoms with Crippen LogP contribution in [0.15, 0.2) is 18.3 Å². The molecule has 3 aromatic rings. The topological polar surface area (TPSA) is 55.6 Å². The predicted molar refractivity (Wildman–Crippen MR) is 73.8 cm³/mol. The van der Waals surface area contributed by atoms with E-state index < -0.39 is 11.9 Å². The third kappa shape index (κ3) is 2.44. The van der Waals surface area contributed by atoms with Gasteiger partial charge in [0.25, 0.3) is 0 Å². The van der Waals surface area contributed by atoms with Crippen molar-refractivity contribution in [3.05, 3.63) is 28.9 Å². The minimum absolute atomic E-state index is 0.323. The van der Waals surface area contributed by atoms with Gasteiger partial charge in [-0.3, -0.25) is 0 Å². The standard InChI is InChI=1S/C12H10F3N5S/c1-6-5-7-9(17-11(16-2)18-10(7)21-6)20-4-3-8(19-20)12(13,14)15/h3-5H,1-2H3,(H,16,17,18). The molecule has 1 N–H and O–H groups in total. The summed E-state index contributed by atoms with van der Waals surface area (Å²) in [5.41, 5.74) is -0.952. The Morgan fingerprint density at radius 2 is 2.05 bits per heavy atom. The number of aromatic nitrogens is 4. The summed E-state index contributed by atoms with van der Waals surface area (Å²) in [5.74, 6) is 0.660. The highest BCUT2D eigenvalue weighted by molar-refractivity contribution is 7.18. The van der Waals surface area contributed by atoms with Crippen LogP contribution in [0.5, 0.6) is 0 Å². The Hall–Kier alpha value is -2.16. The summed E-state index contributed by atoms with van der Waals surface area (Å²) in [6.45, 7) is 1.90. The summed E-state index contributed by atoms with van der Waals surface area (Å²) >= 11 is 1.45. The van der Waals surface area contributed by atoms with E-state index >= 15 is 0 Å². The molecule has 0 aliphatic rings. The molecule has 0 saturated heterocycles. The third-order valence-corrected chi connectivity index (χ3v) is 3.76. The van der Waals surface area contributed by atoms with Crippen molar-refractivity contribution in [2.75, 3.05) is 12.4 Å². The molecule has 0 spiro atoms. The van der Waals surface area contributed by atoms with Gasteiger partial charge in [-0.25, -0.2) is 9.67 Å². The first-order valence-corrected chi connectivity index (χ1v) is 6.79. The molecule has 3 rings (SSSR count). The molecule has 3 aromatic heterocycles. The van der Waals surface area contributed by atoms with Crippen molar-refractivity contribution in [1.29, 1.82) is 0 Å². The molecule has 0 fully saturated rings. The molecule has 0 unspecified atom stereocenters. The van der Waals surface area contributed by atoms with Gasteiger partial charge in [-0.15, -0.1) is 11.3 Å². The number of hydrogen-bond acceptors (Lipinski definition) is 5. The molecule has 0 atom stereocenters. The zero-order valence-electron chi connectivity index (χ0n) is 11.1. The molecule has 0 bridgehead atoms. The molecule has 9 heteroatoms. The average molecular weight is 313 g/mol. The Balaban J connectivity index is 2.21. The summed E-state index contributed by atoms with van der Waals surface area (Å²) in [5, 5.41) is 7.04. The van der Waals surface area contributed by atoms with Gasteiger partial charge < -0.3 is 5.32 Å². The van der Waals surface area contributed by atoms with E-state index in [4.69, 9.17) is 0 Å². The number of anilines is 1. The number of halogens is 3. The molecule has 0 aliphatic carbocycles. The third-order valence-electron chi connectivity index (χ3n) is 2.82. The number of thiophene rings is 1. The monoisotopic (exact) mass is 313 g/mol. The van der Waals surface area contributed by atoms with E-state index in [1.165, 1.54) is 17.5 Å². The Morgan fingerprint density at radius 1 is 1.29 bits per heavy atom. The number of aryl methyl sites for hydroxylation is 1. The fourth-order valence-electron chi connectivity index (χ4n) is 1.91. The lowest BCUT2D eigenvalue weighted by Crippen LogP contribution is -2.09. The minimum atomic E-state index is -4.48. The van der Waals surface area contributed by atoms with Crippen LogP contribution >= 0.6 is 11.3 Å². The first kappa shape index (κ1) is 13.8. The van der Waals surface area contributed by atoms with Crippen LogP contribution in [-0.2, 0) is 6.18 Å². The Morgan fingerprint density at radius 3 is 2.67 bits per heavy atom. The molecule has 3 heterocycles. The quantitative estimate of drug-likeness (QED) is 0.789. The molecule has 0 aromatic carbocycles. The fraction of sp³-hybridized carbons (Fsp3) is 0.250. The van der Waals surface area contributed by atoms with Gasteiger partial charge in [0.2, 0.25) is 5.95 Å². The Bertz CT molecular complexity index is 805. The predicted octanol–water partition coefficient (Wildman–Crippen LogP) is 3.25. The summed E-state index contributed by atoms with van der Waals surface area (Å²) in [4.78, 5) is 10.2. The van der Waals surface area contributed by atoms with Gasteiger partial charge >= 0.3 is 6.18 Å². The van der Waals surface area contributed by atoms with Gasteiger partial charge in [0.15, 0.2) is 11.5 Å². The Labute approximate surface area is 121 Å². The van der Waals surface area contributed by atoms with Gasteiger partial charge in [0.05, 0.1) is 5.39 Å². The molecule has 0 saturated carbocycles. The molecule has 0 amide bonds. The van der Waals surface area contributed by atoms with Crippen LogP contribution in [0.25, 0.3) is 16.0 Å². The maximum absolute atomic E-state index is 12.7. The zero-order chi connectivity index (χ0) is 15.2. The van der Waals surface area contributed by atoms with Crippen molar-refractivity contribution in [2.24, 2.45) is 0 Å². The van der Waals surface area contributed by atoms with Gasteiger partial charge in [0.1, 0.15) is 4.83 Å². The SMILES string of the molecule is CNc1nc(-n2ccc(C(F)(F)F)n2)c2cc(C)sc2n1. The van der Waals surface area contributed by atoms with Crippen LogP contribution in [0.3, 0.4) is 0 Å². The second-order valence-electron chi connectivity index (χ2n) is 4.34. The van der Waals surface area contributed by atoms with Gasteiger partial charge in [-0.05, 0) is 19.1 Å². The van der Waals surface area contributed by atoms with Crippen LogP contribution in [0.1, 0.15) is 10.6 Å². The molecule has 110 valence electrons. The number of rotatable bonds is 2. The van der Waals surface area contributed by atoms with E-state index in [0.717, 1.165) is 15.6 Å². The van der Waals surface area contributed by atoms with Crippen molar-refractivity contribution in [2.45, 2.75) is 13.1 Å². The zero-order valence-corrected chi connectivity index (χ0v) is 11.9. The number of fused-ring (bicyclic) bond motifs is 1. The van der Waals surface area contributed by atoms with Crippen molar-refractivity contribution in [1.82, 2.24) is 19.7 Å². The van der Waals surface area contributed by atoms with E-state index in [9.17, 15) is 13.2 Å². The number of hydrogen-bond donors (Lipinski definition) is 1. The van der Waals surface area contributed by atoms with Crippen LogP contribution in [0.2, 0.25) is 0 Å². The maximum Gasteiger partial charge on any atom is 0.435 e. The van der Waals surface area contributed by atoms with Crippen LogP contribution in [0, 0.1) is 6.92 Å². The molecular formula is C12H10F3N5S. The van der Waals surface area contributed by atoms with Gasteiger partial charge in [-0.2, -0.15) is 23.3 Å². The largest absolute Gasteiger partial charge is 0.435 e. The number of alkyl halides is 3. The lowest BCUT2D eigenvalue weighted by molar-refractivity contribution is -0.141. The smallest absolute Gasteiger partial charge is 0.357 e. The molecule has 0 radical (unpaired) electrons. The molecule has 0 aliphatic heterocycles. The van der Waals surface area contributed by atoms with Crippen LogP contribution in [-0.4, -0.2) is 26.8 Å². The van der Waals surface area contributed by atoms with Crippen molar-refractivity contribution < 1.29 is 13.2 Å². The van der Waals surface area contributed by atoms with E-state index in [0.29, 0.717) is 22.0 Å². The number of nitrogens with zero attached hydrogens (tertiary/aromatic N) is 4. The highest BCUT2D eigenvalue weighted by atomic mass is 32.1. The maximum atomic E-state index is 12.7. The summed E-state index contributed by atoms with van der Waals surface area (Å²) in [6, 6.07) is 2.76. The summed E-state index contributed by atoms with van der Waals surface area (Å²) in [7, 11) is 1.65. The number of nitrogens with one attached hydrogen (secondary N) is 1. The van der Waals surface area contributed by atoms with Crippen molar-refractivity contribution >= 4 is 27.5 Å². The van der Waals surface area contributed by atoms with Crippen LogP contribution in [0.4, 0.5) is 19.1 Å². The first-order valence-electron chi connectivity index (χ1n) is 5.97. The van der Waals surface area contributed by atoms with Crippen LogP contribution < -0.4 is 5.32 Å². The summed E-state index contributed by atoms with van der Waals surface area (Å²) in [6.07, 6.45) is -3.23.